The van der Waals surface area contributed by atoms with E-state index < -0.39 is 0 Å². The van der Waals surface area contributed by atoms with Gasteiger partial charge in [-0.05, 0) is 29.9 Å². The number of hydrogen-bond acceptors (Lipinski definition) is 2. The highest BCUT2D eigenvalue weighted by Gasteiger charge is 2.30. The van der Waals surface area contributed by atoms with E-state index in [9.17, 15) is 9.59 Å². The van der Waals surface area contributed by atoms with E-state index in [4.69, 9.17) is 0 Å². The zero-order chi connectivity index (χ0) is 17.8. The van der Waals surface area contributed by atoms with E-state index in [0.717, 1.165) is 18.4 Å². The first kappa shape index (κ1) is 18.0. The summed E-state index contributed by atoms with van der Waals surface area (Å²) in [5.74, 6) is 1.23. The molecule has 1 aromatic rings. The molecule has 4 nitrogen and oxygen atoms in total. The molecule has 0 radical (unpaired) electrons. The van der Waals surface area contributed by atoms with Crippen LogP contribution >= 0.6 is 0 Å². The lowest BCUT2D eigenvalue weighted by Crippen LogP contribution is -2.52. The SMILES string of the molecule is CC(C)c1ccc(CC(=O)N2CCN(C(=O)C3CCCC3)CC2)cc1. The second-order valence-electron chi connectivity index (χ2n) is 7.76. The van der Waals surface area contributed by atoms with Gasteiger partial charge >= 0.3 is 0 Å². The van der Waals surface area contributed by atoms with Crippen LogP contribution in [0.1, 0.15) is 56.6 Å². The van der Waals surface area contributed by atoms with Crippen LogP contribution in [-0.2, 0) is 16.0 Å². The molecule has 25 heavy (non-hydrogen) atoms. The molecule has 2 aliphatic rings. The lowest BCUT2D eigenvalue weighted by molar-refractivity contribution is -0.141. The third kappa shape index (κ3) is 4.42. The monoisotopic (exact) mass is 342 g/mol. The summed E-state index contributed by atoms with van der Waals surface area (Å²) >= 11 is 0. The summed E-state index contributed by atoms with van der Waals surface area (Å²) in [5.41, 5.74) is 2.37. The van der Waals surface area contributed by atoms with Crippen LogP contribution in [-0.4, -0.2) is 47.8 Å². The molecule has 2 fully saturated rings. The van der Waals surface area contributed by atoms with Crippen molar-refractivity contribution in [1.29, 1.82) is 0 Å². The maximum absolute atomic E-state index is 12.5. The van der Waals surface area contributed by atoms with E-state index in [1.807, 2.05) is 9.80 Å². The van der Waals surface area contributed by atoms with Gasteiger partial charge in [-0.1, -0.05) is 51.0 Å². The molecule has 0 aromatic heterocycles. The maximum atomic E-state index is 12.5. The number of carbonyl (C=O) groups excluding carboxylic acids is 2. The molecule has 136 valence electrons. The third-order valence-electron chi connectivity index (χ3n) is 5.65. The summed E-state index contributed by atoms with van der Waals surface area (Å²) < 4.78 is 0. The van der Waals surface area contributed by atoms with Gasteiger partial charge in [0.15, 0.2) is 0 Å². The molecule has 1 saturated heterocycles. The van der Waals surface area contributed by atoms with Crippen LogP contribution in [0.25, 0.3) is 0 Å². The molecule has 1 heterocycles. The summed E-state index contributed by atoms with van der Waals surface area (Å²) in [6.45, 7) is 7.06. The first-order valence-corrected chi connectivity index (χ1v) is 9.70. The standard InChI is InChI=1S/C21H30N2O2/c1-16(2)18-9-7-17(8-10-18)15-20(24)22-11-13-23(14-12-22)21(25)19-5-3-4-6-19/h7-10,16,19H,3-6,11-15H2,1-2H3. The van der Waals surface area contributed by atoms with Crippen molar-refractivity contribution in [2.75, 3.05) is 26.2 Å². The maximum Gasteiger partial charge on any atom is 0.227 e. The average Bonchev–Trinajstić information content (AvgIpc) is 3.16. The number of piperazine rings is 1. The number of nitrogens with zero attached hydrogens (tertiary/aromatic N) is 2. The Labute approximate surface area is 151 Å². The Bertz CT molecular complexity index is 595. The molecule has 4 heteroatoms. The highest BCUT2D eigenvalue weighted by atomic mass is 16.2. The summed E-state index contributed by atoms with van der Waals surface area (Å²) in [4.78, 5) is 28.9. The van der Waals surface area contributed by atoms with Crippen LogP contribution in [0.3, 0.4) is 0 Å². The Kier molecular flexibility index (Phi) is 5.77. The highest BCUT2D eigenvalue weighted by molar-refractivity contribution is 5.81. The quantitative estimate of drug-likeness (QED) is 0.843. The summed E-state index contributed by atoms with van der Waals surface area (Å²) in [5, 5.41) is 0. The Morgan fingerprint density at radius 2 is 1.52 bits per heavy atom. The molecule has 0 bridgehead atoms. The molecule has 0 unspecified atom stereocenters. The number of rotatable bonds is 4. The summed E-state index contributed by atoms with van der Waals surface area (Å²) in [7, 11) is 0. The first-order valence-electron chi connectivity index (χ1n) is 9.70. The van der Waals surface area contributed by atoms with Crippen molar-refractivity contribution in [3.63, 3.8) is 0 Å². The van der Waals surface area contributed by atoms with Crippen LogP contribution in [0.4, 0.5) is 0 Å². The number of benzene rings is 1. The van der Waals surface area contributed by atoms with E-state index >= 15 is 0 Å². The minimum atomic E-state index is 0.172. The molecule has 0 atom stereocenters. The third-order valence-corrected chi connectivity index (χ3v) is 5.65. The zero-order valence-corrected chi connectivity index (χ0v) is 15.5. The van der Waals surface area contributed by atoms with Gasteiger partial charge in [-0.15, -0.1) is 0 Å². The number of hydrogen-bond donors (Lipinski definition) is 0. The second kappa shape index (κ2) is 8.03. The van der Waals surface area contributed by atoms with Gasteiger partial charge in [0.25, 0.3) is 0 Å². The van der Waals surface area contributed by atoms with E-state index in [2.05, 4.69) is 38.1 Å². The fourth-order valence-electron chi connectivity index (χ4n) is 3.91. The number of amides is 2. The van der Waals surface area contributed by atoms with Crippen LogP contribution in [0.2, 0.25) is 0 Å². The van der Waals surface area contributed by atoms with Crippen molar-refractivity contribution < 1.29 is 9.59 Å². The van der Waals surface area contributed by atoms with Gasteiger partial charge in [0.2, 0.25) is 11.8 Å². The van der Waals surface area contributed by atoms with Gasteiger partial charge in [0, 0.05) is 32.1 Å². The molecular formula is C21H30N2O2. The van der Waals surface area contributed by atoms with Gasteiger partial charge in [0.05, 0.1) is 6.42 Å². The van der Waals surface area contributed by atoms with Crippen molar-refractivity contribution in [1.82, 2.24) is 9.80 Å². The van der Waals surface area contributed by atoms with Gasteiger partial charge in [-0.2, -0.15) is 0 Å². The molecule has 0 N–H and O–H groups in total. The minimum absolute atomic E-state index is 0.172. The van der Waals surface area contributed by atoms with Crippen molar-refractivity contribution >= 4 is 11.8 Å². The van der Waals surface area contributed by atoms with E-state index in [1.165, 1.54) is 18.4 Å². The molecule has 2 amide bonds. The van der Waals surface area contributed by atoms with Gasteiger partial charge < -0.3 is 9.80 Å². The molecule has 1 aromatic carbocycles. The number of carbonyl (C=O) groups is 2. The fourth-order valence-corrected chi connectivity index (χ4v) is 3.91. The average molecular weight is 342 g/mol. The second-order valence-corrected chi connectivity index (χ2v) is 7.76. The van der Waals surface area contributed by atoms with Crippen LogP contribution in [0, 0.1) is 5.92 Å². The summed E-state index contributed by atoms with van der Waals surface area (Å²) in [6.07, 6.45) is 4.92. The van der Waals surface area contributed by atoms with Gasteiger partial charge in [0.1, 0.15) is 0 Å². The smallest absolute Gasteiger partial charge is 0.227 e. The summed E-state index contributed by atoms with van der Waals surface area (Å²) in [6, 6.07) is 8.36. The Balaban J connectivity index is 1.48. The van der Waals surface area contributed by atoms with Crippen molar-refractivity contribution in [3.8, 4) is 0 Å². The predicted molar refractivity (Wildman–Crippen MR) is 99.4 cm³/mol. The molecule has 0 spiro atoms. The Hall–Kier alpha value is -1.84. The molecule has 1 saturated carbocycles. The van der Waals surface area contributed by atoms with Gasteiger partial charge in [-0.25, -0.2) is 0 Å². The molecular weight excluding hydrogens is 312 g/mol. The molecule has 3 rings (SSSR count). The topological polar surface area (TPSA) is 40.6 Å². The van der Waals surface area contributed by atoms with Gasteiger partial charge in [-0.3, -0.25) is 9.59 Å². The lowest BCUT2D eigenvalue weighted by atomic mass is 10.0. The normalized spacial score (nSPS) is 18.8. The largest absolute Gasteiger partial charge is 0.339 e. The van der Waals surface area contributed by atoms with Crippen LogP contribution < -0.4 is 0 Å². The van der Waals surface area contributed by atoms with E-state index in [0.29, 0.717) is 44.4 Å². The van der Waals surface area contributed by atoms with E-state index in [-0.39, 0.29) is 11.8 Å². The zero-order valence-electron chi connectivity index (χ0n) is 15.5. The predicted octanol–water partition coefficient (Wildman–Crippen LogP) is 3.21. The van der Waals surface area contributed by atoms with Crippen molar-refractivity contribution in [2.45, 2.75) is 51.9 Å². The van der Waals surface area contributed by atoms with Crippen LogP contribution in [0.15, 0.2) is 24.3 Å². The van der Waals surface area contributed by atoms with Crippen molar-refractivity contribution in [3.05, 3.63) is 35.4 Å². The van der Waals surface area contributed by atoms with E-state index in [1.54, 1.807) is 0 Å². The fraction of sp³-hybridized carbons (Fsp3) is 0.619. The lowest BCUT2D eigenvalue weighted by Gasteiger charge is -2.36. The molecule has 1 aliphatic heterocycles. The minimum Gasteiger partial charge on any atom is -0.339 e. The Morgan fingerprint density at radius 3 is 2.08 bits per heavy atom. The molecule has 1 aliphatic carbocycles. The van der Waals surface area contributed by atoms with Crippen molar-refractivity contribution in [2.24, 2.45) is 5.92 Å². The first-order chi connectivity index (χ1) is 12.0. The highest BCUT2D eigenvalue weighted by Crippen LogP contribution is 2.27. The Morgan fingerprint density at radius 1 is 0.960 bits per heavy atom. The van der Waals surface area contributed by atoms with Crippen LogP contribution in [0.5, 0.6) is 0 Å².